The number of hydrogen-bond acceptors (Lipinski definition) is 3. The van der Waals surface area contributed by atoms with Crippen LogP contribution < -0.4 is 10.1 Å². The molecule has 0 aromatic heterocycles. The number of nitrogens with one attached hydrogen (secondary N) is 1. The Hall–Kier alpha value is -2.53. The monoisotopic (exact) mass is 360 g/mol. The number of halogens is 1. The van der Waals surface area contributed by atoms with Crippen molar-refractivity contribution in [2.24, 2.45) is 0 Å². The van der Waals surface area contributed by atoms with Crippen molar-refractivity contribution >= 4 is 29.1 Å². The van der Waals surface area contributed by atoms with Crippen LogP contribution in [0.3, 0.4) is 0 Å². The minimum atomic E-state index is -0.183. The highest BCUT2D eigenvalue weighted by Crippen LogP contribution is 2.22. The summed E-state index contributed by atoms with van der Waals surface area (Å²) < 4.78 is 5.38. The summed E-state index contributed by atoms with van der Waals surface area (Å²) in [6.07, 6.45) is 0.238. The Balaban J connectivity index is 2.00. The summed E-state index contributed by atoms with van der Waals surface area (Å²) in [4.78, 5) is 25.6. The topological polar surface area (TPSA) is 58.6 Å². The van der Waals surface area contributed by atoms with Crippen LogP contribution >= 0.6 is 11.6 Å². The lowest BCUT2D eigenvalue weighted by molar-refractivity contribution is -0.115. The van der Waals surface area contributed by atoms with Crippen LogP contribution in [0.25, 0.3) is 0 Å². The van der Waals surface area contributed by atoms with Crippen LogP contribution in [0.1, 0.15) is 22.8 Å². The van der Waals surface area contributed by atoms with Crippen LogP contribution in [0.4, 0.5) is 5.69 Å². The van der Waals surface area contributed by atoms with Gasteiger partial charge in [0.05, 0.1) is 23.6 Å². The number of benzene rings is 2. The number of carbonyl (C=O) groups is 2. The molecular formula is C19H21ClN2O3. The van der Waals surface area contributed by atoms with Gasteiger partial charge in [-0.05, 0) is 42.8 Å². The van der Waals surface area contributed by atoms with Gasteiger partial charge < -0.3 is 15.0 Å². The van der Waals surface area contributed by atoms with Crippen LogP contribution in [0.5, 0.6) is 5.75 Å². The molecule has 0 aliphatic rings. The van der Waals surface area contributed by atoms with Crippen LogP contribution in [-0.2, 0) is 11.2 Å². The minimum absolute atomic E-state index is 0.160. The van der Waals surface area contributed by atoms with Crippen molar-refractivity contribution in [2.45, 2.75) is 13.3 Å². The first-order chi connectivity index (χ1) is 11.9. The SMILES string of the molecule is CCOc1ccc(CC(=O)Nc2ccc(C(=O)N(C)C)c(Cl)c2)cc1. The van der Waals surface area contributed by atoms with Gasteiger partial charge in [0.1, 0.15) is 5.75 Å². The molecule has 0 spiro atoms. The van der Waals surface area contributed by atoms with Crippen molar-refractivity contribution in [1.29, 1.82) is 0 Å². The van der Waals surface area contributed by atoms with Gasteiger partial charge in [0.2, 0.25) is 5.91 Å². The molecule has 0 atom stereocenters. The van der Waals surface area contributed by atoms with Gasteiger partial charge in [0, 0.05) is 19.8 Å². The molecule has 2 rings (SSSR count). The molecule has 0 radical (unpaired) electrons. The summed E-state index contributed by atoms with van der Waals surface area (Å²) in [5.41, 5.74) is 1.83. The maximum absolute atomic E-state index is 12.2. The van der Waals surface area contributed by atoms with E-state index in [1.165, 1.54) is 4.90 Å². The second-order valence-corrected chi connectivity index (χ2v) is 6.10. The molecule has 2 aromatic rings. The highest BCUT2D eigenvalue weighted by atomic mass is 35.5. The van der Waals surface area contributed by atoms with Crippen molar-refractivity contribution in [3.05, 3.63) is 58.6 Å². The quantitative estimate of drug-likeness (QED) is 0.855. The van der Waals surface area contributed by atoms with Crippen LogP contribution in [0.2, 0.25) is 5.02 Å². The smallest absolute Gasteiger partial charge is 0.254 e. The maximum atomic E-state index is 12.2. The lowest BCUT2D eigenvalue weighted by atomic mass is 10.1. The molecule has 1 N–H and O–H groups in total. The lowest BCUT2D eigenvalue weighted by Crippen LogP contribution is -2.22. The van der Waals surface area contributed by atoms with Gasteiger partial charge in [-0.25, -0.2) is 0 Å². The summed E-state index contributed by atoms with van der Waals surface area (Å²) in [5.74, 6) is 0.434. The first kappa shape index (κ1) is 18.8. The molecule has 6 heteroatoms. The van der Waals surface area contributed by atoms with E-state index in [-0.39, 0.29) is 18.2 Å². The average molecular weight is 361 g/mol. The molecule has 0 aliphatic carbocycles. The molecule has 5 nitrogen and oxygen atoms in total. The first-order valence-electron chi connectivity index (χ1n) is 7.93. The largest absolute Gasteiger partial charge is 0.494 e. The molecular weight excluding hydrogens is 340 g/mol. The normalized spacial score (nSPS) is 10.2. The van der Waals surface area contributed by atoms with Crippen molar-refractivity contribution in [3.8, 4) is 5.75 Å². The number of carbonyl (C=O) groups excluding carboxylic acids is 2. The number of amides is 2. The van der Waals surface area contributed by atoms with Crippen molar-refractivity contribution < 1.29 is 14.3 Å². The molecule has 132 valence electrons. The highest BCUT2D eigenvalue weighted by Gasteiger charge is 2.13. The second kappa shape index (κ2) is 8.53. The summed E-state index contributed by atoms with van der Waals surface area (Å²) in [5, 5.41) is 3.09. The van der Waals surface area contributed by atoms with Crippen LogP contribution in [0.15, 0.2) is 42.5 Å². The van der Waals surface area contributed by atoms with Gasteiger partial charge in [-0.2, -0.15) is 0 Å². The van der Waals surface area contributed by atoms with E-state index in [4.69, 9.17) is 16.3 Å². The molecule has 0 saturated carbocycles. The van der Waals surface area contributed by atoms with E-state index in [0.717, 1.165) is 11.3 Å². The molecule has 25 heavy (non-hydrogen) atoms. The molecule has 0 heterocycles. The van der Waals surface area contributed by atoms with Gasteiger partial charge in [-0.15, -0.1) is 0 Å². The summed E-state index contributed by atoms with van der Waals surface area (Å²) >= 11 is 6.15. The molecule has 0 saturated heterocycles. The molecule has 0 bridgehead atoms. The number of rotatable bonds is 6. The fourth-order valence-corrected chi connectivity index (χ4v) is 2.53. The molecule has 0 unspecified atom stereocenters. The lowest BCUT2D eigenvalue weighted by Gasteiger charge is -2.13. The molecule has 0 fully saturated rings. The van der Waals surface area contributed by atoms with Gasteiger partial charge in [-0.1, -0.05) is 23.7 Å². The summed E-state index contributed by atoms with van der Waals surface area (Å²) in [7, 11) is 3.32. The third-order valence-electron chi connectivity index (χ3n) is 3.49. The maximum Gasteiger partial charge on any atom is 0.254 e. The Labute approximate surface area is 152 Å². The Morgan fingerprint density at radius 1 is 1.12 bits per heavy atom. The average Bonchev–Trinajstić information content (AvgIpc) is 2.56. The van der Waals surface area contributed by atoms with E-state index in [1.807, 2.05) is 31.2 Å². The number of nitrogens with zero attached hydrogens (tertiary/aromatic N) is 1. The van der Waals surface area contributed by atoms with E-state index in [9.17, 15) is 9.59 Å². The van der Waals surface area contributed by atoms with Gasteiger partial charge in [0.25, 0.3) is 5.91 Å². The van der Waals surface area contributed by atoms with E-state index >= 15 is 0 Å². The number of hydrogen-bond donors (Lipinski definition) is 1. The molecule has 0 aliphatic heterocycles. The zero-order chi connectivity index (χ0) is 18.4. The van der Waals surface area contributed by atoms with E-state index in [1.54, 1.807) is 32.3 Å². The predicted molar refractivity (Wildman–Crippen MR) is 99.4 cm³/mol. The zero-order valence-electron chi connectivity index (χ0n) is 14.5. The zero-order valence-corrected chi connectivity index (χ0v) is 15.3. The van der Waals surface area contributed by atoms with Crippen molar-refractivity contribution in [3.63, 3.8) is 0 Å². The van der Waals surface area contributed by atoms with Gasteiger partial charge in [-0.3, -0.25) is 9.59 Å². The van der Waals surface area contributed by atoms with Crippen molar-refractivity contribution in [1.82, 2.24) is 4.90 Å². The fourth-order valence-electron chi connectivity index (χ4n) is 2.27. The Morgan fingerprint density at radius 3 is 2.36 bits per heavy atom. The Kier molecular flexibility index (Phi) is 6.42. The Bertz CT molecular complexity index is 758. The molecule has 2 amide bonds. The first-order valence-corrected chi connectivity index (χ1v) is 8.31. The van der Waals surface area contributed by atoms with Crippen LogP contribution in [0, 0.1) is 0 Å². The summed E-state index contributed by atoms with van der Waals surface area (Å²) in [6, 6.07) is 12.2. The standard InChI is InChI=1S/C19H21ClN2O3/c1-4-25-15-8-5-13(6-9-15)11-18(23)21-14-7-10-16(17(20)12-14)19(24)22(2)3/h5-10,12H,4,11H2,1-3H3,(H,21,23). The van der Waals surface area contributed by atoms with Crippen molar-refractivity contribution in [2.75, 3.05) is 26.0 Å². The Morgan fingerprint density at radius 2 is 1.80 bits per heavy atom. The van der Waals surface area contributed by atoms with Gasteiger partial charge in [0.15, 0.2) is 0 Å². The van der Waals surface area contributed by atoms with E-state index in [0.29, 0.717) is 22.9 Å². The molecule has 2 aromatic carbocycles. The minimum Gasteiger partial charge on any atom is -0.494 e. The van der Waals surface area contributed by atoms with Gasteiger partial charge >= 0.3 is 0 Å². The third kappa shape index (κ3) is 5.22. The fraction of sp³-hybridized carbons (Fsp3) is 0.263. The number of anilines is 1. The predicted octanol–water partition coefficient (Wildman–Crippen LogP) is 3.62. The second-order valence-electron chi connectivity index (χ2n) is 5.70. The van der Waals surface area contributed by atoms with E-state index in [2.05, 4.69) is 5.32 Å². The highest BCUT2D eigenvalue weighted by molar-refractivity contribution is 6.34. The van der Waals surface area contributed by atoms with Crippen LogP contribution in [-0.4, -0.2) is 37.4 Å². The number of ether oxygens (including phenoxy) is 1. The van der Waals surface area contributed by atoms with E-state index < -0.39 is 0 Å². The summed E-state index contributed by atoms with van der Waals surface area (Å²) in [6.45, 7) is 2.52. The third-order valence-corrected chi connectivity index (χ3v) is 3.80.